The van der Waals surface area contributed by atoms with E-state index in [4.69, 9.17) is 15.8 Å². The first-order valence-electron chi connectivity index (χ1n) is 8.83. The molecule has 1 nitrogen and oxygen atoms in total. The molecule has 1 aromatic rings. The van der Waals surface area contributed by atoms with Crippen LogP contribution >= 0.6 is 11.1 Å². The van der Waals surface area contributed by atoms with Gasteiger partial charge in [0.25, 0.3) is 0 Å². The van der Waals surface area contributed by atoms with Crippen molar-refractivity contribution < 1.29 is 4.74 Å². The Balaban J connectivity index is 3.14. The zero-order valence-electron chi connectivity index (χ0n) is 15.1. The van der Waals surface area contributed by atoms with Crippen LogP contribution in [0.15, 0.2) is 12.1 Å². The molecule has 0 aliphatic rings. The number of halogens is 1. The van der Waals surface area contributed by atoms with Gasteiger partial charge in [0, 0.05) is 0 Å². The number of unbranched alkanes of at least 4 members (excludes halogenated alkanes) is 4. The van der Waals surface area contributed by atoms with Gasteiger partial charge in [-0.15, -0.1) is 0 Å². The first-order valence-corrected chi connectivity index (χ1v) is 12.8. The minimum atomic E-state index is -1.85. The summed E-state index contributed by atoms with van der Waals surface area (Å²) in [6, 6.07) is 4.54. The number of benzene rings is 1. The van der Waals surface area contributed by atoms with Gasteiger partial charge in [-0.05, 0) is 42.0 Å². The lowest BCUT2D eigenvalue weighted by Gasteiger charge is -2.23. The summed E-state index contributed by atoms with van der Waals surface area (Å²) in [4.78, 5) is 0. The molecule has 0 saturated heterocycles. The molecule has 0 unspecified atom stereocenters. The van der Waals surface area contributed by atoms with Crippen LogP contribution in [0.25, 0.3) is 0 Å². The molecule has 0 aliphatic heterocycles. The average Bonchev–Trinajstić information content (AvgIpc) is 2.46. The Bertz CT molecular complexity index is 451. The second kappa shape index (κ2) is 9.62. The second-order valence-electron chi connectivity index (χ2n) is 6.67. The third-order valence-electron chi connectivity index (χ3n) is 4.27. The number of ether oxygens (including phenoxy) is 1. The summed E-state index contributed by atoms with van der Waals surface area (Å²) >= 11 is 6.77. The largest absolute Gasteiger partial charge is 0.496 e. The van der Waals surface area contributed by atoms with E-state index in [1.807, 2.05) is 7.11 Å². The van der Waals surface area contributed by atoms with Crippen molar-refractivity contribution in [2.24, 2.45) is 0 Å². The molecule has 0 atom stereocenters. The van der Waals surface area contributed by atoms with Crippen molar-refractivity contribution >= 4 is 23.6 Å². The molecule has 0 radical (unpaired) electrons. The molecule has 0 fully saturated rings. The Hall–Kier alpha value is -0.473. The Morgan fingerprint density at radius 3 is 2.05 bits per heavy atom. The van der Waals surface area contributed by atoms with Crippen LogP contribution in [0.5, 0.6) is 5.75 Å². The summed E-state index contributed by atoms with van der Waals surface area (Å²) in [5.74, 6) is 1.12. The van der Waals surface area contributed by atoms with Crippen LogP contribution in [-0.4, -0.2) is 14.5 Å². The minimum absolute atomic E-state index is 1.09. The van der Waals surface area contributed by atoms with Crippen molar-refractivity contribution in [3.63, 3.8) is 0 Å². The van der Waals surface area contributed by atoms with Gasteiger partial charge in [-0.25, -0.2) is 0 Å². The van der Waals surface area contributed by atoms with Crippen LogP contribution in [0.4, 0.5) is 0 Å². The lowest BCUT2D eigenvalue weighted by molar-refractivity contribution is 0.403. The number of methoxy groups -OCH3 is 1. The zero-order chi connectivity index (χ0) is 16.6. The highest BCUT2D eigenvalue weighted by Crippen LogP contribution is 2.28. The smallest absolute Gasteiger partial charge is 0.181 e. The molecular weight excluding hydrogens is 308 g/mol. The van der Waals surface area contributed by atoms with Crippen molar-refractivity contribution in [3.05, 3.63) is 23.3 Å². The molecule has 0 bridgehead atoms. The maximum atomic E-state index is 6.77. The minimum Gasteiger partial charge on any atom is -0.496 e. The first kappa shape index (κ1) is 19.6. The lowest BCUT2D eigenvalue weighted by atomic mass is 9.99. The molecule has 0 saturated carbocycles. The van der Waals surface area contributed by atoms with E-state index in [0.29, 0.717) is 0 Å². The molecule has 0 N–H and O–H groups in total. The van der Waals surface area contributed by atoms with Gasteiger partial charge in [-0.1, -0.05) is 64.8 Å². The molecule has 3 heteroatoms. The molecule has 1 rings (SSSR count). The summed E-state index contributed by atoms with van der Waals surface area (Å²) < 4.78 is 5.84. The topological polar surface area (TPSA) is 9.23 Å². The summed E-state index contributed by atoms with van der Waals surface area (Å²) in [6.07, 6.45) is 9.72. The SMILES string of the molecule is CCCCCc1ccc([Si](C)(C)Cl)c(CCCCC)c1OC. The van der Waals surface area contributed by atoms with Gasteiger partial charge in [0.05, 0.1) is 7.11 Å². The number of hydrogen-bond donors (Lipinski definition) is 0. The number of hydrogen-bond acceptors (Lipinski definition) is 1. The molecule has 0 heterocycles. The molecule has 0 aromatic heterocycles. The van der Waals surface area contributed by atoms with Crippen LogP contribution in [0.3, 0.4) is 0 Å². The van der Waals surface area contributed by atoms with Gasteiger partial charge in [0.2, 0.25) is 0 Å². The fraction of sp³-hybridized carbons (Fsp3) is 0.684. The Kier molecular flexibility index (Phi) is 8.56. The molecular formula is C19H33ClOSi. The maximum Gasteiger partial charge on any atom is 0.181 e. The van der Waals surface area contributed by atoms with E-state index >= 15 is 0 Å². The fourth-order valence-corrected chi connectivity index (χ4v) is 5.02. The van der Waals surface area contributed by atoms with E-state index in [9.17, 15) is 0 Å². The quantitative estimate of drug-likeness (QED) is 0.296. The summed E-state index contributed by atoms with van der Waals surface area (Å²) in [5, 5.41) is 1.36. The van der Waals surface area contributed by atoms with Crippen molar-refractivity contribution in [1.29, 1.82) is 0 Å². The highest BCUT2D eigenvalue weighted by molar-refractivity contribution is 7.26. The molecule has 0 amide bonds. The Morgan fingerprint density at radius 1 is 0.955 bits per heavy atom. The highest BCUT2D eigenvalue weighted by Gasteiger charge is 2.26. The van der Waals surface area contributed by atoms with E-state index in [1.165, 1.54) is 54.8 Å². The fourth-order valence-electron chi connectivity index (χ4n) is 3.05. The Morgan fingerprint density at radius 2 is 1.55 bits per heavy atom. The van der Waals surface area contributed by atoms with Gasteiger partial charge in [0.15, 0.2) is 7.38 Å². The molecule has 0 aliphatic carbocycles. The first-order chi connectivity index (χ1) is 10.5. The lowest BCUT2D eigenvalue weighted by Crippen LogP contribution is -2.38. The molecule has 1 aromatic carbocycles. The van der Waals surface area contributed by atoms with Gasteiger partial charge < -0.3 is 4.74 Å². The van der Waals surface area contributed by atoms with Crippen molar-refractivity contribution in [1.82, 2.24) is 0 Å². The zero-order valence-corrected chi connectivity index (χ0v) is 16.9. The molecule has 0 spiro atoms. The van der Waals surface area contributed by atoms with Crippen LogP contribution in [-0.2, 0) is 12.8 Å². The van der Waals surface area contributed by atoms with Crippen LogP contribution in [0, 0.1) is 0 Å². The molecule has 22 heavy (non-hydrogen) atoms. The average molecular weight is 341 g/mol. The van der Waals surface area contributed by atoms with E-state index < -0.39 is 7.38 Å². The van der Waals surface area contributed by atoms with Crippen molar-refractivity contribution in [2.45, 2.75) is 78.3 Å². The number of rotatable bonds is 10. The predicted octanol–water partition coefficient (Wildman–Crippen LogP) is 5.81. The standard InChI is InChI=1S/C19H33ClOSi/c1-6-8-10-12-16-14-15-18(22(4,5)20)17(19(16)21-3)13-11-9-7-2/h14-15H,6-13H2,1-5H3. The van der Waals surface area contributed by atoms with Gasteiger partial charge in [-0.2, -0.15) is 11.1 Å². The summed E-state index contributed by atoms with van der Waals surface area (Å²) in [5.41, 5.74) is 2.75. The van der Waals surface area contributed by atoms with Gasteiger partial charge >= 0.3 is 0 Å². The monoisotopic (exact) mass is 340 g/mol. The van der Waals surface area contributed by atoms with E-state index in [2.05, 4.69) is 39.1 Å². The third kappa shape index (κ3) is 5.62. The van der Waals surface area contributed by atoms with Gasteiger partial charge in [-0.3, -0.25) is 0 Å². The van der Waals surface area contributed by atoms with Crippen LogP contribution in [0.2, 0.25) is 13.1 Å². The van der Waals surface area contributed by atoms with Crippen LogP contribution < -0.4 is 9.92 Å². The Labute approximate surface area is 143 Å². The summed E-state index contributed by atoms with van der Waals surface area (Å²) in [7, 11) is -0.0405. The van der Waals surface area contributed by atoms with E-state index in [0.717, 1.165) is 18.6 Å². The predicted molar refractivity (Wildman–Crippen MR) is 102 cm³/mol. The van der Waals surface area contributed by atoms with Gasteiger partial charge in [0.1, 0.15) is 5.75 Å². The van der Waals surface area contributed by atoms with E-state index in [-0.39, 0.29) is 0 Å². The third-order valence-corrected chi connectivity index (χ3v) is 6.63. The normalized spacial score (nSPS) is 11.7. The van der Waals surface area contributed by atoms with Crippen molar-refractivity contribution in [2.75, 3.05) is 7.11 Å². The number of aryl methyl sites for hydroxylation is 1. The molecule has 126 valence electrons. The highest BCUT2D eigenvalue weighted by atomic mass is 35.6. The summed E-state index contributed by atoms with van der Waals surface area (Å²) in [6.45, 7) is 8.92. The van der Waals surface area contributed by atoms with Crippen molar-refractivity contribution in [3.8, 4) is 5.75 Å². The van der Waals surface area contributed by atoms with E-state index in [1.54, 1.807) is 0 Å². The van der Waals surface area contributed by atoms with Crippen LogP contribution in [0.1, 0.15) is 63.5 Å². The second-order valence-corrected chi connectivity index (χ2v) is 13.0. The maximum absolute atomic E-state index is 6.77.